The van der Waals surface area contributed by atoms with E-state index in [4.69, 9.17) is 33.3 Å². The Morgan fingerprint density at radius 3 is 2.45 bits per heavy atom. The Morgan fingerprint density at radius 2 is 1.82 bits per heavy atom. The van der Waals surface area contributed by atoms with Gasteiger partial charge in [-0.05, 0) is 42.0 Å². The van der Waals surface area contributed by atoms with Gasteiger partial charge in [-0.25, -0.2) is 0 Å². The first-order chi connectivity index (χ1) is 10.6. The fraction of sp³-hybridized carbons (Fsp3) is 0.188. The fourth-order valence-electron chi connectivity index (χ4n) is 1.86. The van der Waals surface area contributed by atoms with Gasteiger partial charge >= 0.3 is 0 Å². The van der Waals surface area contributed by atoms with Crippen molar-refractivity contribution < 1.29 is 9.47 Å². The molecule has 22 heavy (non-hydrogen) atoms. The van der Waals surface area contributed by atoms with E-state index in [1.807, 2.05) is 42.5 Å². The topological polar surface area (TPSA) is 42.5 Å². The van der Waals surface area contributed by atoms with E-state index in [2.05, 4.69) is 10.6 Å². The zero-order valence-electron chi connectivity index (χ0n) is 12.4. The summed E-state index contributed by atoms with van der Waals surface area (Å²) in [6.45, 7) is 0.606. The molecular formula is C16H17ClN2O2S. The third kappa shape index (κ3) is 4.51. The molecule has 0 unspecified atom stereocenters. The predicted molar refractivity (Wildman–Crippen MR) is 94.1 cm³/mol. The number of methoxy groups -OCH3 is 2. The lowest BCUT2D eigenvalue weighted by Crippen LogP contribution is -2.28. The fourth-order valence-corrected chi connectivity index (χ4v) is 2.17. The number of halogens is 1. The molecule has 2 rings (SSSR count). The van der Waals surface area contributed by atoms with Crippen molar-refractivity contribution in [3.05, 3.63) is 53.1 Å². The summed E-state index contributed by atoms with van der Waals surface area (Å²) in [4.78, 5) is 0. The second-order valence-electron chi connectivity index (χ2n) is 4.50. The zero-order chi connectivity index (χ0) is 15.9. The van der Waals surface area contributed by atoms with Gasteiger partial charge in [-0.2, -0.15) is 0 Å². The Balaban J connectivity index is 1.98. The molecule has 0 saturated heterocycles. The highest BCUT2D eigenvalue weighted by Gasteiger charge is 2.06. The minimum absolute atomic E-state index is 0.501. The highest BCUT2D eigenvalue weighted by Crippen LogP contribution is 2.28. The first-order valence-electron chi connectivity index (χ1n) is 6.63. The van der Waals surface area contributed by atoms with Crippen molar-refractivity contribution in [1.29, 1.82) is 0 Å². The molecule has 0 aliphatic heterocycles. The summed E-state index contributed by atoms with van der Waals surface area (Å²) < 4.78 is 10.5. The molecule has 0 aliphatic carbocycles. The molecule has 0 atom stereocenters. The van der Waals surface area contributed by atoms with Gasteiger partial charge in [-0.3, -0.25) is 0 Å². The molecular weight excluding hydrogens is 320 g/mol. The molecule has 2 aromatic carbocycles. The number of thiocarbonyl (C=S) groups is 1. The van der Waals surface area contributed by atoms with E-state index in [0.717, 1.165) is 17.0 Å². The van der Waals surface area contributed by atoms with Crippen molar-refractivity contribution in [2.24, 2.45) is 0 Å². The smallest absolute Gasteiger partial charge is 0.171 e. The Labute approximate surface area is 140 Å². The lowest BCUT2D eigenvalue weighted by Gasteiger charge is -2.14. The molecule has 4 nitrogen and oxygen atoms in total. The first kappa shape index (κ1) is 16.4. The normalized spacial score (nSPS) is 9.95. The minimum Gasteiger partial charge on any atom is -0.497 e. The van der Waals surface area contributed by atoms with E-state index in [1.165, 1.54) is 0 Å². The van der Waals surface area contributed by atoms with Crippen LogP contribution in [0.1, 0.15) is 5.56 Å². The van der Waals surface area contributed by atoms with Crippen molar-refractivity contribution in [2.75, 3.05) is 19.5 Å². The summed E-state index contributed by atoms with van der Waals surface area (Å²) in [6, 6.07) is 13.1. The minimum atomic E-state index is 0.501. The zero-order valence-corrected chi connectivity index (χ0v) is 13.9. The van der Waals surface area contributed by atoms with E-state index in [-0.39, 0.29) is 0 Å². The monoisotopic (exact) mass is 336 g/mol. The van der Waals surface area contributed by atoms with Gasteiger partial charge < -0.3 is 20.1 Å². The van der Waals surface area contributed by atoms with Crippen molar-refractivity contribution >= 4 is 34.6 Å². The van der Waals surface area contributed by atoms with E-state index in [0.29, 0.717) is 22.4 Å². The maximum Gasteiger partial charge on any atom is 0.171 e. The summed E-state index contributed by atoms with van der Waals surface area (Å²) in [5.74, 6) is 1.42. The Hall–Kier alpha value is -1.98. The van der Waals surface area contributed by atoms with Crippen LogP contribution in [-0.4, -0.2) is 19.3 Å². The van der Waals surface area contributed by atoms with Gasteiger partial charge in [0.2, 0.25) is 0 Å². The first-order valence-corrected chi connectivity index (χ1v) is 7.42. The standard InChI is InChI=1S/C16H17ClN2O2S/c1-20-13-7-8-15(21-2)14(9-13)19-16(22)18-10-11-3-5-12(17)6-4-11/h3-9H,10H2,1-2H3,(H2,18,19,22). The number of anilines is 1. The molecule has 0 heterocycles. The Kier molecular flexibility index (Phi) is 5.86. The van der Waals surface area contributed by atoms with Crippen molar-refractivity contribution in [2.45, 2.75) is 6.54 Å². The van der Waals surface area contributed by atoms with E-state index in [9.17, 15) is 0 Å². The molecule has 0 radical (unpaired) electrons. The average Bonchev–Trinajstić information content (AvgIpc) is 2.54. The summed E-state index contributed by atoms with van der Waals surface area (Å²) in [5.41, 5.74) is 1.83. The highest BCUT2D eigenvalue weighted by atomic mass is 35.5. The SMILES string of the molecule is COc1ccc(OC)c(NC(=S)NCc2ccc(Cl)cc2)c1. The van der Waals surface area contributed by atoms with Gasteiger partial charge in [0.05, 0.1) is 19.9 Å². The number of rotatable bonds is 5. The van der Waals surface area contributed by atoms with Gasteiger partial charge in [0.25, 0.3) is 0 Å². The molecule has 0 bridgehead atoms. The van der Waals surface area contributed by atoms with Crippen LogP contribution in [0.5, 0.6) is 11.5 Å². The van der Waals surface area contributed by atoms with Crippen LogP contribution in [0.15, 0.2) is 42.5 Å². The number of nitrogens with one attached hydrogen (secondary N) is 2. The van der Waals surface area contributed by atoms with Crippen LogP contribution in [0.4, 0.5) is 5.69 Å². The van der Waals surface area contributed by atoms with Crippen LogP contribution in [0.2, 0.25) is 5.02 Å². The molecule has 0 amide bonds. The summed E-state index contributed by atoms with van der Waals surface area (Å²) >= 11 is 11.2. The molecule has 116 valence electrons. The van der Waals surface area contributed by atoms with Crippen LogP contribution in [-0.2, 0) is 6.54 Å². The summed E-state index contributed by atoms with van der Waals surface area (Å²) in [7, 11) is 3.22. The molecule has 0 saturated carbocycles. The van der Waals surface area contributed by atoms with Gasteiger partial charge in [-0.15, -0.1) is 0 Å². The molecule has 0 fully saturated rings. The molecule has 0 spiro atoms. The van der Waals surface area contributed by atoms with Crippen LogP contribution in [0.25, 0.3) is 0 Å². The van der Waals surface area contributed by atoms with Gasteiger partial charge in [0, 0.05) is 17.6 Å². The second kappa shape index (κ2) is 7.87. The highest BCUT2D eigenvalue weighted by molar-refractivity contribution is 7.80. The van der Waals surface area contributed by atoms with Gasteiger partial charge in [0.1, 0.15) is 11.5 Å². The van der Waals surface area contributed by atoms with Crippen LogP contribution < -0.4 is 20.1 Å². The molecule has 0 aromatic heterocycles. The second-order valence-corrected chi connectivity index (χ2v) is 5.35. The van der Waals surface area contributed by atoms with E-state index in [1.54, 1.807) is 14.2 Å². The molecule has 2 N–H and O–H groups in total. The van der Waals surface area contributed by atoms with Crippen molar-refractivity contribution in [3.63, 3.8) is 0 Å². The van der Waals surface area contributed by atoms with Crippen molar-refractivity contribution in [3.8, 4) is 11.5 Å². The Morgan fingerprint density at radius 1 is 1.09 bits per heavy atom. The lowest BCUT2D eigenvalue weighted by molar-refractivity contribution is 0.405. The third-order valence-corrected chi connectivity index (χ3v) is 3.52. The Bertz CT molecular complexity index is 647. The third-order valence-electron chi connectivity index (χ3n) is 3.02. The van der Waals surface area contributed by atoms with E-state index < -0.39 is 0 Å². The average molecular weight is 337 g/mol. The molecule has 2 aromatic rings. The van der Waals surface area contributed by atoms with Crippen LogP contribution in [0.3, 0.4) is 0 Å². The quantitative estimate of drug-likeness (QED) is 0.812. The number of ether oxygens (including phenoxy) is 2. The maximum atomic E-state index is 5.86. The maximum absolute atomic E-state index is 5.86. The van der Waals surface area contributed by atoms with Crippen LogP contribution in [0, 0.1) is 0 Å². The molecule has 6 heteroatoms. The summed E-state index contributed by atoms with van der Waals surface area (Å²) in [6.07, 6.45) is 0. The van der Waals surface area contributed by atoms with Crippen LogP contribution >= 0.6 is 23.8 Å². The number of hydrogen-bond donors (Lipinski definition) is 2. The van der Waals surface area contributed by atoms with Gasteiger partial charge in [-0.1, -0.05) is 23.7 Å². The van der Waals surface area contributed by atoms with E-state index >= 15 is 0 Å². The number of hydrogen-bond acceptors (Lipinski definition) is 3. The predicted octanol–water partition coefficient (Wildman–Crippen LogP) is 3.84. The molecule has 0 aliphatic rings. The largest absolute Gasteiger partial charge is 0.497 e. The summed E-state index contributed by atoms with van der Waals surface area (Å²) in [5, 5.41) is 7.46. The lowest BCUT2D eigenvalue weighted by atomic mass is 10.2. The van der Waals surface area contributed by atoms with Crippen molar-refractivity contribution in [1.82, 2.24) is 5.32 Å². The number of benzene rings is 2. The van der Waals surface area contributed by atoms with Gasteiger partial charge in [0.15, 0.2) is 5.11 Å².